The normalized spacial score (nSPS) is 20.8. The van der Waals surface area contributed by atoms with Gasteiger partial charge in [0.1, 0.15) is 13.2 Å². The molecule has 0 saturated carbocycles. The molecular formula is C25H41Cl9N9O33P9Y8. The number of aliphatic carboxylic acids is 8. The fraction of sp³-hybridized carbons (Fsp3) is 0.560. The molecule has 0 amide bonds. The molecule has 1 atom stereocenters. The van der Waals surface area contributed by atoms with E-state index in [0.29, 0.717) is 0 Å². The van der Waals surface area contributed by atoms with E-state index >= 15 is 0 Å². The van der Waals surface area contributed by atoms with E-state index in [0.717, 1.165) is 7.11 Å². The van der Waals surface area contributed by atoms with Crippen molar-refractivity contribution in [2.45, 2.75) is 0 Å². The van der Waals surface area contributed by atoms with Crippen LogP contribution in [-0.2, 0) is 369 Å². The van der Waals surface area contributed by atoms with Crippen molar-refractivity contribution in [2.24, 2.45) is 40.6 Å². The third kappa shape index (κ3) is 59.8. The van der Waals surface area contributed by atoms with Crippen molar-refractivity contribution >= 4 is 228 Å². The number of rotatable bonds is 29. The maximum Gasteiger partial charge on any atom is 0.350 e. The van der Waals surface area contributed by atoms with Crippen LogP contribution in [0.25, 0.3) is 0 Å². The Bertz CT molecular complexity index is 2790. The van der Waals surface area contributed by atoms with Crippen LogP contribution in [0.3, 0.4) is 0 Å². The molecule has 42 nitrogen and oxygen atoms in total. The van der Waals surface area contributed by atoms with Crippen molar-refractivity contribution < 1.29 is 420 Å². The van der Waals surface area contributed by atoms with E-state index in [-0.39, 0.29) is 262 Å². The number of esters is 3. The van der Waals surface area contributed by atoms with Gasteiger partial charge < -0.3 is 78.8 Å². The molecule has 0 aromatic rings. The van der Waals surface area contributed by atoms with Crippen LogP contribution in [0.2, 0.25) is 0 Å². The van der Waals surface area contributed by atoms with E-state index in [1.807, 2.05) is 0 Å². The van der Waals surface area contributed by atoms with Gasteiger partial charge in [-0.3, -0.25) is 27.1 Å². The molecule has 1 unspecified atom stereocenters. The molecule has 0 aromatic heterocycles. The van der Waals surface area contributed by atoms with Gasteiger partial charge in [0, 0.05) is 262 Å². The van der Waals surface area contributed by atoms with Gasteiger partial charge in [-0.15, -0.1) is 13.5 Å². The van der Waals surface area contributed by atoms with Crippen LogP contribution in [0, 0.1) is 0 Å². The summed E-state index contributed by atoms with van der Waals surface area (Å²) in [6.07, 6.45) is 0. The van der Waals surface area contributed by atoms with Gasteiger partial charge >= 0.3 is 109 Å². The maximum atomic E-state index is 11.7. The monoisotopic (exact) mass is 2300 g/mol. The summed E-state index contributed by atoms with van der Waals surface area (Å²) in [6.45, 7) is -22.8. The van der Waals surface area contributed by atoms with Crippen LogP contribution in [0.4, 0.5) is 0 Å². The summed E-state index contributed by atoms with van der Waals surface area (Å²) in [5.74, 6) is -23.6. The van der Waals surface area contributed by atoms with Crippen molar-refractivity contribution in [2.75, 3.05) is 94.0 Å². The van der Waals surface area contributed by atoms with E-state index in [1.54, 1.807) is 0 Å². The number of nitrogens with zero attached hydrogens (tertiary/aromatic N) is 9. The second kappa shape index (κ2) is 60.1. The molecule has 3 aliphatic heterocycles. The second-order valence-electron chi connectivity index (χ2n) is 12.7. The quantitative estimate of drug-likeness (QED) is 0.0189. The Morgan fingerprint density at radius 2 is 0.430 bits per heavy atom. The molecule has 0 aromatic carbocycles. The van der Waals surface area contributed by atoms with Crippen molar-refractivity contribution in [1.82, 2.24) is 0 Å². The first kappa shape index (κ1) is 121. The van der Waals surface area contributed by atoms with Crippen molar-refractivity contribution in [3.63, 3.8) is 0 Å². The minimum atomic E-state index is -4.73. The Morgan fingerprint density at radius 3 is 0.570 bits per heavy atom. The summed E-state index contributed by atoms with van der Waals surface area (Å²) in [7, 11) is -10.8. The van der Waals surface area contributed by atoms with Crippen molar-refractivity contribution in [3.05, 3.63) is 0 Å². The van der Waals surface area contributed by atoms with Crippen LogP contribution < -0.4 is 0 Å². The fourth-order valence-electron chi connectivity index (χ4n) is 3.40. The van der Waals surface area contributed by atoms with Crippen LogP contribution in [0.1, 0.15) is 0 Å². The van der Waals surface area contributed by atoms with Crippen LogP contribution >= 0.6 is 162 Å². The number of carboxylic acid groups (broad SMARTS) is 8. The van der Waals surface area contributed by atoms with Gasteiger partial charge in [-0.05, 0) is 101 Å². The Labute approximate surface area is 769 Å². The smallest absolute Gasteiger partial charge is 0.350 e. The van der Waals surface area contributed by atoms with E-state index in [2.05, 4.69) is 54.9 Å². The molecule has 0 bridgehead atoms. The third-order valence-electron chi connectivity index (χ3n) is 6.12. The fourth-order valence-corrected chi connectivity index (χ4v) is 44.4. The summed E-state index contributed by atoms with van der Waals surface area (Å²) >= 11 is 51.8. The standard InChI is InChI=1S/C13H20N3O18P3.C6H9Cl3N3O9P3.2C3H6O3.Cl6N3P3.8Y/c1-28-13(27)7-34-37(33-6-12(25)26)15-35(29-2-8(17)18,30-3-9(19)20)14-36(16-37,31-4-10(21)22)32-5-11(23)24;7-22(19-1-4(13)14)10-23(8,20-2-5(15)16)12-24(9,11-22)21-3-6(17)18;2*1-6-3(5)2-4;1-10(2)7-11(3,4)9-12(5,6)8-10;;;;;;;;/h2-7H2,1H3,(H,17,18)(H,19,20)(H,21,22)(H,23,24)(H,25,26);1-3H2,(H,13,14)(H,15,16)(H,17,18);2*4H,2H2,1H3;;;;;;;;;. The average molecular weight is 2300 g/mol. The Hall–Kier alpha value is 7.24. The Balaban J connectivity index is -0.000000132. The SMILES string of the molecule is COC(=O)CO.COC(=O)CO.COC(=O)COP1(OCC(=O)O)=NP(OCC(=O)O)(OCC(=O)O)=NP(OCC(=O)O)(OCC(=O)O)=N1.ClP1(Cl)=NP(Cl)(Cl)=NP(Cl)(Cl)=N1.O=C(O)COP1(Cl)=NP(Cl)(OCC(=O)O)=NP(Cl)(OCC(=O)O)=N1.[Y].[Y].[Y].[Y].[Y].[Y].[Y].[Y]. The Kier molecular flexibility index (Phi) is 78.3. The summed E-state index contributed by atoms with van der Waals surface area (Å²) in [4.78, 5) is 119. The van der Waals surface area contributed by atoms with Gasteiger partial charge in [-0.1, -0.05) is 0 Å². The van der Waals surface area contributed by atoms with E-state index in [1.165, 1.54) is 14.2 Å². The van der Waals surface area contributed by atoms with Gasteiger partial charge in [-0.25, -0.2) is 52.7 Å². The van der Waals surface area contributed by atoms with Gasteiger partial charge in [0.05, 0.1) is 21.3 Å². The molecule has 3 aliphatic rings. The first-order valence-electron chi connectivity index (χ1n) is 19.8. The summed E-state index contributed by atoms with van der Waals surface area (Å²) in [6, 6.07) is 0. The summed E-state index contributed by atoms with van der Waals surface area (Å²) < 4.78 is 90.8. The van der Waals surface area contributed by atoms with Gasteiger partial charge in [0.25, 0.3) is 17.7 Å². The van der Waals surface area contributed by atoms with E-state index in [9.17, 15) is 52.7 Å². The predicted molar refractivity (Wildman–Crippen MR) is 302 cm³/mol. The van der Waals surface area contributed by atoms with Crippen LogP contribution in [0.5, 0.6) is 0 Å². The molecular weight excluding hydrogens is 2260 g/mol. The average Bonchev–Trinajstić information content (AvgIpc) is 1.17. The molecule has 0 spiro atoms. The molecule has 0 fully saturated rings. The van der Waals surface area contributed by atoms with E-state index < -0.39 is 199 Å². The third-order valence-corrected chi connectivity index (χ3v) is 38.0. The number of hydrogen-bond donors (Lipinski definition) is 10. The number of carbonyl (C=O) groups is 11. The molecule has 3 heterocycles. The topological polar surface area (TPSA) is 612 Å². The largest absolute Gasteiger partial charge is 0.480 e. The zero-order valence-corrected chi connectivity index (χ0v) is 83.8. The van der Waals surface area contributed by atoms with Crippen LogP contribution in [-0.4, -0.2) is 211 Å². The Morgan fingerprint density at radius 1 is 0.269 bits per heavy atom. The first-order valence-corrected chi connectivity index (χ1v) is 42.4. The maximum absolute atomic E-state index is 11.7. The molecule has 3 rings (SSSR count). The second-order valence-corrected chi connectivity index (χ2v) is 44.0. The molecule has 68 heteroatoms. The van der Waals surface area contributed by atoms with Crippen molar-refractivity contribution in [1.29, 1.82) is 0 Å². The number of aliphatic hydroxyl groups excluding tert-OH is 2. The number of methoxy groups -OCH3 is 3. The molecule has 93 heavy (non-hydrogen) atoms. The van der Waals surface area contributed by atoms with Gasteiger partial charge in [0.2, 0.25) is 0 Å². The molecule has 0 aliphatic carbocycles. The number of hydrogen-bond acceptors (Lipinski definition) is 34. The van der Waals surface area contributed by atoms with Gasteiger partial charge in [0.15, 0.2) is 59.5 Å². The number of carboxylic acids is 8. The number of ether oxygens (including phenoxy) is 3. The zero-order valence-electron chi connectivity index (χ0n) is 46.2. The molecule has 8 radical (unpaired) electrons. The van der Waals surface area contributed by atoms with Gasteiger partial charge in [-0.2, -0.15) is 27.1 Å². The van der Waals surface area contributed by atoms with Crippen LogP contribution in [0.15, 0.2) is 40.6 Å². The minimum Gasteiger partial charge on any atom is -0.480 e. The number of halogens is 9. The number of carbonyl (C=O) groups excluding carboxylic acids is 3. The summed E-state index contributed by atoms with van der Waals surface area (Å²) in [5.41, 5.74) is 0. The molecule has 516 valence electrons. The van der Waals surface area contributed by atoms with Crippen molar-refractivity contribution in [3.8, 4) is 0 Å². The number of aliphatic hydroxyl groups is 2. The molecule has 0 saturated heterocycles. The minimum absolute atomic E-state index is 0. The van der Waals surface area contributed by atoms with E-state index in [4.69, 9.17) is 193 Å². The first-order chi connectivity index (χ1) is 38.8. The predicted octanol–water partition coefficient (Wildman–Crippen LogP) is 9.95. The zero-order chi connectivity index (χ0) is 66.5. The molecule has 10 N–H and O–H groups in total. The summed E-state index contributed by atoms with van der Waals surface area (Å²) in [5, 5.41) is 86.9.